The molecule has 1 heterocycles. The smallest absolute Gasteiger partial charge is 0.322 e. The number of morpholine rings is 1. The van der Waals surface area contributed by atoms with Crippen LogP contribution in [0.4, 0.5) is 16.2 Å². The minimum absolute atomic E-state index is 0.0180. The Morgan fingerprint density at radius 2 is 1.61 bits per heavy atom. The van der Waals surface area contributed by atoms with Gasteiger partial charge < -0.3 is 19.9 Å². The van der Waals surface area contributed by atoms with E-state index in [1.807, 2.05) is 13.8 Å². The van der Waals surface area contributed by atoms with Crippen LogP contribution < -0.4 is 10.2 Å². The zero-order valence-corrected chi connectivity index (χ0v) is 16.9. The molecule has 1 saturated heterocycles. The number of halogens is 1. The number of carbonyl (C=O) groups excluding carboxylic acids is 2. The Hall–Kier alpha value is -2.57. The van der Waals surface area contributed by atoms with Crippen molar-refractivity contribution in [2.45, 2.75) is 26.1 Å². The largest absolute Gasteiger partial charge is 0.372 e. The first kappa shape index (κ1) is 20.2. The van der Waals surface area contributed by atoms with E-state index in [1.165, 1.54) is 0 Å². The van der Waals surface area contributed by atoms with Crippen molar-refractivity contribution in [3.05, 3.63) is 59.1 Å². The lowest BCUT2D eigenvalue weighted by Gasteiger charge is -2.35. The highest BCUT2D eigenvalue weighted by molar-refractivity contribution is 6.30. The molecule has 0 saturated carbocycles. The van der Waals surface area contributed by atoms with Crippen molar-refractivity contribution in [2.75, 3.05) is 30.4 Å². The number of hydrogen-bond acceptors (Lipinski definition) is 3. The average molecular weight is 402 g/mol. The lowest BCUT2D eigenvalue weighted by molar-refractivity contribution is -0.0530. The number of anilines is 2. The van der Waals surface area contributed by atoms with Crippen molar-refractivity contribution in [1.29, 1.82) is 0 Å². The lowest BCUT2D eigenvalue weighted by atomic mass is 10.2. The molecule has 0 aliphatic carbocycles. The number of benzene rings is 2. The van der Waals surface area contributed by atoms with E-state index < -0.39 is 0 Å². The van der Waals surface area contributed by atoms with Crippen LogP contribution in [-0.4, -0.2) is 49.2 Å². The van der Waals surface area contributed by atoms with Crippen LogP contribution in [0.25, 0.3) is 0 Å². The molecular weight excluding hydrogens is 378 g/mol. The Kier molecular flexibility index (Phi) is 6.21. The van der Waals surface area contributed by atoms with Crippen molar-refractivity contribution >= 4 is 34.9 Å². The van der Waals surface area contributed by atoms with E-state index >= 15 is 0 Å². The highest BCUT2D eigenvalue weighted by Crippen LogP contribution is 2.20. The highest BCUT2D eigenvalue weighted by Gasteiger charge is 2.25. The number of ether oxygens (including phenoxy) is 1. The van der Waals surface area contributed by atoms with E-state index in [9.17, 15) is 9.59 Å². The molecular formula is C21H24ClN3O3. The van der Waals surface area contributed by atoms with Crippen molar-refractivity contribution in [2.24, 2.45) is 0 Å². The van der Waals surface area contributed by atoms with Crippen LogP contribution in [0.1, 0.15) is 24.2 Å². The van der Waals surface area contributed by atoms with E-state index in [-0.39, 0.29) is 24.1 Å². The zero-order valence-electron chi connectivity index (χ0n) is 16.2. The van der Waals surface area contributed by atoms with E-state index in [1.54, 1.807) is 65.4 Å². The summed E-state index contributed by atoms with van der Waals surface area (Å²) in [6.07, 6.45) is 0.0359. The Labute approximate surface area is 170 Å². The molecule has 3 amide bonds. The third kappa shape index (κ3) is 4.82. The Morgan fingerprint density at radius 3 is 2.18 bits per heavy atom. The van der Waals surface area contributed by atoms with Crippen molar-refractivity contribution in [3.8, 4) is 0 Å². The van der Waals surface area contributed by atoms with Crippen LogP contribution in [0.15, 0.2) is 48.5 Å². The monoisotopic (exact) mass is 401 g/mol. The fourth-order valence-electron chi connectivity index (χ4n) is 3.22. The molecule has 0 aromatic heterocycles. The Bertz CT molecular complexity index is 829. The molecule has 2 unspecified atom stereocenters. The summed E-state index contributed by atoms with van der Waals surface area (Å²) >= 11 is 5.87. The minimum Gasteiger partial charge on any atom is -0.372 e. The lowest BCUT2D eigenvalue weighted by Crippen LogP contribution is -2.49. The number of amides is 3. The molecule has 7 heteroatoms. The molecule has 2 atom stereocenters. The topological polar surface area (TPSA) is 61.9 Å². The van der Waals surface area contributed by atoms with Gasteiger partial charge in [0.1, 0.15) is 0 Å². The van der Waals surface area contributed by atoms with Crippen LogP contribution in [0, 0.1) is 0 Å². The normalized spacial score (nSPS) is 19.2. The summed E-state index contributed by atoms with van der Waals surface area (Å²) in [6.45, 7) is 5.04. The molecule has 0 bridgehead atoms. The summed E-state index contributed by atoms with van der Waals surface area (Å²) in [5.41, 5.74) is 1.96. The van der Waals surface area contributed by atoms with Crippen LogP contribution in [0.5, 0.6) is 0 Å². The van der Waals surface area contributed by atoms with Crippen molar-refractivity contribution < 1.29 is 14.3 Å². The van der Waals surface area contributed by atoms with Crippen LogP contribution in [-0.2, 0) is 4.74 Å². The Morgan fingerprint density at radius 1 is 1.04 bits per heavy atom. The zero-order chi connectivity index (χ0) is 20.3. The van der Waals surface area contributed by atoms with Gasteiger partial charge in [0.2, 0.25) is 0 Å². The van der Waals surface area contributed by atoms with Gasteiger partial charge >= 0.3 is 6.03 Å². The predicted molar refractivity (Wildman–Crippen MR) is 111 cm³/mol. The van der Waals surface area contributed by atoms with Gasteiger partial charge in [-0.1, -0.05) is 11.6 Å². The van der Waals surface area contributed by atoms with Gasteiger partial charge in [0.25, 0.3) is 5.91 Å². The quantitative estimate of drug-likeness (QED) is 0.835. The maximum absolute atomic E-state index is 12.6. The van der Waals surface area contributed by atoms with Gasteiger partial charge in [-0.25, -0.2) is 4.79 Å². The van der Waals surface area contributed by atoms with Crippen LogP contribution >= 0.6 is 11.6 Å². The summed E-state index contributed by atoms with van der Waals surface area (Å²) in [5.74, 6) is -0.134. The molecule has 1 fully saturated rings. The van der Waals surface area contributed by atoms with E-state index in [0.29, 0.717) is 29.4 Å². The summed E-state index contributed by atoms with van der Waals surface area (Å²) in [7, 11) is 1.71. The van der Waals surface area contributed by atoms with Gasteiger partial charge in [-0.3, -0.25) is 4.79 Å². The molecule has 1 aliphatic heterocycles. The highest BCUT2D eigenvalue weighted by atomic mass is 35.5. The molecule has 1 N–H and O–H groups in total. The third-order valence-corrected chi connectivity index (χ3v) is 4.86. The predicted octanol–water partition coefficient (Wildman–Crippen LogP) is 4.26. The molecule has 28 heavy (non-hydrogen) atoms. The van der Waals surface area contributed by atoms with Crippen LogP contribution in [0.2, 0.25) is 5.02 Å². The second-order valence-corrected chi connectivity index (χ2v) is 7.45. The van der Waals surface area contributed by atoms with E-state index in [4.69, 9.17) is 16.3 Å². The van der Waals surface area contributed by atoms with Gasteiger partial charge in [-0.05, 0) is 62.4 Å². The first-order valence-electron chi connectivity index (χ1n) is 9.18. The molecule has 2 aromatic carbocycles. The number of nitrogens with zero attached hydrogens (tertiary/aromatic N) is 2. The van der Waals surface area contributed by atoms with Crippen LogP contribution in [0.3, 0.4) is 0 Å². The molecule has 6 nitrogen and oxygen atoms in total. The molecule has 3 rings (SSSR count). The van der Waals surface area contributed by atoms with Crippen molar-refractivity contribution in [3.63, 3.8) is 0 Å². The standard InChI is InChI=1S/C21H24ClN3O3/c1-14-12-25(13-15(2)28-14)21(27)23-18-8-10-19(11-9-18)24(3)20(26)16-4-6-17(22)7-5-16/h4-11,14-15H,12-13H2,1-3H3,(H,23,27). The van der Waals surface area contributed by atoms with Gasteiger partial charge in [-0.2, -0.15) is 0 Å². The van der Waals surface area contributed by atoms with Gasteiger partial charge in [0.05, 0.1) is 12.2 Å². The molecule has 1 aliphatic rings. The first-order chi connectivity index (χ1) is 13.3. The van der Waals surface area contributed by atoms with E-state index in [2.05, 4.69) is 5.32 Å². The fourth-order valence-corrected chi connectivity index (χ4v) is 3.34. The van der Waals surface area contributed by atoms with Gasteiger partial charge in [-0.15, -0.1) is 0 Å². The summed E-state index contributed by atoms with van der Waals surface area (Å²) in [6, 6.07) is 13.8. The number of urea groups is 1. The number of carbonyl (C=O) groups is 2. The summed E-state index contributed by atoms with van der Waals surface area (Å²) in [4.78, 5) is 28.4. The fraction of sp³-hybridized carbons (Fsp3) is 0.333. The summed E-state index contributed by atoms with van der Waals surface area (Å²) in [5, 5.41) is 3.49. The molecule has 0 spiro atoms. The molecule has 148 valence electrons. The number of rotatable bonds is 3. The number of nitrogens with one attached hydrogen (secondary N) is 1. The average Bonchev–Trinajstić information content (AvgIpc) is 2.67. The Balaban J connectivity index is 1.63. The van der Waals surface area contributed by atoms with Gasteiger partial charge in [0.15, 0.2) is 0 Å². The maximum Gasteiger partial charge on any atom is 0.322 e. The second kappa shape index (κ2) is 8.63. The van der Waals surface area contributed by atoms with Crippen molar-refractivity contribution in [1.82, 2.24) is 4.90 Å². The number of hydrogen-bond donors (Lipinski definition) is 1. The maximum atomic E-state index is 12.6. The first-order valence-corrected chi connectivity index (χ1v) is 9.56. The SMILES string of the molecule is CC1CN(C(=O)Nc2ccc(N(C)C(=O)c3ccc(Cl)cc3)cc2)CC(C)O1. The second-order valence-electron chi connectivity index (χ2n) is 7.01. The van der Waals surface area contributed by atoms with E-state index in [0.717, 1.165) is 5.69 Å². The minimum atomic E-state index is -0.152. The van der Waals surface area contributed by atoms with Gasteiger partial charge in [0, 0.05) is 42.1 Å². The summed E-state index contributed by atoms with van der Waals surface area (Å²) < 4.78 is 5.66. The molecule has 0 radical (unpaired) electrons. The molecule has 2 aromatic rings. The third-order valence-electron chi connectivity index (χ3n) is 4.61.